The van der Waals surface area contributed by atoms with Gasteiger partial charge in [0.25, 0.3) is 0 Å². The van der Waals surface area contributed by atoms with Gasteiger partial charge in [-0.2, -0.15) is 5.26 Å². The Balaban J connectivity index is 2.76. The minimum Gasteiger partial charge on any atom is -0.383 e. The summed E-state index contributed by atoms with van der Waals surface area (Å²) in [7, 11) is 0. The maximum atomic E-state index is 13.7. The molecule has 4 heteroatoms. The highest BCUT2D eigenvalue weighted by atomic mass is 19.1. The fraction of sp³-hybridized carbons (Fsp3) is 0.286. The van der Waals surface area contributed by atoms with Crippen molar-refractivity contribution < 1.29 is 4.39 Å². The molecule has 0 aliphatic heterocycles. The molecular formula is C14H14FN3. The van der Waals surface area contributed by atoms with E-state index in [-0.39, 0.29) is 5.82 Å². The topological polar surface area (TPSA) is 48.7 Å². The van der Waals surface area contributed by atoms with Crippen LogP contribution in [0.15, 0.2) is 18.3 Å². The molecule has 0 fully saturated rings. The molecule has 0 saturated carbocycles. The van der Waals surface area contributed by atoms with Crippen molar-refractivity contribution in [3.63, 3.8) is 0 Å². The number of aryl methyl sites for hydroxylation is 1. The zero-order valence-electron chi connectivity index (χ0n) is 10.4. The molecule has 0 aliphatic carbocycles. The van der Waals surface area contributed by atoms with Gasteiger partial charge in [0.05, 0.1) is 11.3 Å². The van der Waals surface area contributed by atoms with Crippen molar-refractivity contribution >= 4 is 16.6 Å². The second kappa shape index (κ2) is 5.01. The molecule has 0 atom stereocenters. The Hall–Kier alpha value is -2.15. The van der Waals surface area contributed by atoms with E-state index >= 15 is 0 Å². The molecule has 92 valence electrons. The van der Waals surface area contributed by atoms with E-state index in [9.17, 15) is 4.39 Å². The number of nitriles is 1. The summed E-state index contributed by atoms with van der Waals surface area (Å²) in [6.07, 6.45) is 2.35. The van der Waals surface area contributed by atoms with Crippen LogP contribution < -0.4 is 5.32 Å². The zero-order chi connectivity index (χ0) is 13.1. The molecule has 0 amide bonds. The lowest BCUT2D eigenvalue weighted by molar-refractivity contribution is 0.636. The van der Waals surface area contributed by atoms with Crippen LogP contribution in [0.4, 0.5) is 10.1 Å². The van der Waals surface area contributed by atoms with E-state index in [1.165, 1.54) is 12.3 Å². The molecule has 0 spiro atoms. The molecule has 1 N–H and O–H groups in total. The lowest BCUT2D eigenvalue weighted by Gasteiger charge is -2.12. The van der Waals surface area contributed by atoms with Crippen LogP contribution in [-0.4, -0.2) is 11.5 Å². The van der Waals surface area contributed by atoms with Gasteiger partial charge >= 0.3 is 0 Å². The van der Waals surface area contributed by atoms with E-state index < -0.39 is 0 Å². The Morgan fingerprint density at radius 1 is 1.44 bits per heavy atom. The third-order valence-corrected chi connectivity index (χ3v) is 2.85. The van der Waals surface area contributed by atoms with Crippen molar-refractivity contribution in [3.8, 4) is 6.07 Å². The van der Waals surface area contributed by atoms with Gasteiger partial charge in [-0.1, -0.05) is 13.0 Å². The fourth-order valence-corrected chi connectivity index (χ4v) is 1.96. The second-order valence-electron chi connectivity index (χ2n) is 4.17. The normalized spacial score (nSPS) is 10.3. The number of aromatic nitrogens is 1. The third kappa shape index (κ3) is 2.00. The molecule has 1 heterocycles. The number of hydrogen-bond acceptors (Lipinski definition) is 3. The number of rotatable bonds is 3. The molecular weight excluding hydrogens is 229 g/mol. The predicted octanol–water partition coefficient (Wildman–Crippen LogP) is 3.38. The lowest BCUT2D eigenvalue weighted by atomic mass is 10.0. The largest absolute Gasteiger partial charge is 0.383 e. The molecule has 1 aromatic heterocycles. The number of fused-ring (bicyclic) bond motifs is 1. The lowest BCUT2D eigenvalue weighted by Crippen LogP contribution is -2.04. The number of pyridine rings is 1. The van der Waals surface area contributed by atoms with Gasteiger partial charge in [0.15, 0.2) is 0 Å². The van der Waals surface area contributed by atoms with Crippen molar-refractivity contribution in [1.82, 2.24) is 4.98 Å². The highest BCUT2D eigenvalue weighted by molar-refractivity contribution is 5.96. The standard InChI is InChI=1S/C14H14FN3/c1-3-6-17-13-10(7-16)8-18-14-11(15)5-4-9(2)12(13)14/h4-5,8H,3,6H2,1-2H3,(H,17,18). The highest BCUT2D eigenvalue weighted by Crippen LogP contribution is 2.30. The smallest absolute Gasteiger partial charge is 0.149 e. The van der Waals surface area contributed by atoms with Crippen LogP contribution in [0.25, 0.3) is 10.9 Å². The first-order valence-corrected chi connectivity index (χ1v) is 5.90. The van der Waals surface area contributed by atoms with Crippen LogP contribution in [0.1, 0.15) is 24.5 Å². The Bertz CT molecular complexity index is 629. The SMILES string of the molecule is CCCNc1c(C#N)cnc2c(F)ccc(C)c12. The summed E-state index contributed by atoms with van der Waals surface area (Å²) < 4.78 is 13.7. The predicted molar refractivity (Wildman–Crippen MR) is 69.9 cm³/mol. The molecule has 2 rings (SSSR count). The summed E-state index contributed by atoms with van der Waals surface area (Å²) in [5.74, 6) is -0.361. The van der Waals surface area contributed by atoms with Gasteiger partial charge in [0, 0.05) is 18.1 Å². The van der Waals surface area contributed by atoms with E-state index in [0.717, 1.165) is 18.5 Å². The van der Waals surface area contributed by atoms with Crippen LogP contribution in [0, 0.1) is 24.1 Å². The number of benzene rings is 1. The first kappa shape index (κ1) is 12.3. The van der Waals surface area contributed by atoms with E-state index in [1.54, 1.807) is 6.07 Å². The van der Waals surface area contributed by atoms with Gasteiger partial charge in [-0.15, -0.1) is 0 Å². The summed E-state index contributed by atoms with van der Waals surface area (Å²) in [5.41, 5.74) is 2.35. The monoisotopic (exact) mass is 243 g/mol. The number of nitrogens with zero attached hydrogens (tertiary/aromatic N) is 2. The van der Waals surface area contributed by atoms with Gasteiger partial charge in [-0.25, -0.2) is 4.39 Å². The van der Waals surface area contributed by atoms with Crippen molar-refractivity contribution in [2.24, 2.45) is 0 Å². The van der Waals surface area contributed by atoms with Crippen molar-refractivity contribution in [2.75, 3.05) is 11.9 Å². The molecule has 0 radical (unpaired) electrons. The summed E-state index contributed by atoms with van der Waals surface area (Å²) in [4.78, 5) is 4.04. The first-order chi connectivity index (χ1) is 8.69. The molecule has 0 bridgehead atoms. The van der Waals surface area contributed by atoms with Gasteiger partial charge in [0.2, 0.25) is 0 Å². The van der Waals surface area contributed by atoms with Crippen LogP contribution in [-0.2, 0) is 0 Å². The van der Waals surface area contributed by atoms with Crippen LogP contribution >= 0.6 is 0 Å². The Kier molecular flexibility index (Phi) is 3.42. The van der Waals surface area contributed by atoms with Crippen molar-refractivity contribution in [2.45, 2.75) is 20.3 Å². The maximum Gasteiger partial charge on any atom is 0.149 e. The molecule has 2 aromatic rings. The number of hydrogen-bond donors (Lipinski definition) is 1. The first-order valence-electron chi connectivity index (χ1n) is 5.90. The maximum absolute atomic E-state index is 13.7. The van der Waals surface area contributed by atoms with Crippen molar-refractivity contribution in [1.29, 1.82) is 5.26 Å². The molecule has 18 heavy (non-hydrogen) atoms. The van der Waals surface area contributed by atoms with Gasteiger partial charge in [-0.05, 0) is 25.0 Å². The van der Waals surface area contributed by atoms with Crippen LogP contribution in [0.5, 0.6) is 0 Å². The van der Waals surface area contributed by atoms with E-state index in [2.05, 4.69) is 16.4 Å². The molecule has 0 unspecified atom stereocenters. The van der Waals surface area contributed by atoms with Gasteiger partial charge < -0.3 is 5.32 Å². The summed E-state index contributed by atoms with van der Waals surface area (Å²) >= 11 is 0. The Morgan fingerprint density at radius 2 is 2.22 bits per heavy atom. The van der Waals surface area contributed by atoms with E-state index in [1.807, 2.05) is 13.8 Å². The average Bonchev–Trinajstić information content (AvgIpc) is 2.39. The van der Waals surface area contributed by atoms with Gasteiger partial charge in [0.1, 0.15) is 17.4 Å². The second-order valence-corrected chi connectivity index (χ2v) is 4.17. The van der Waals surface area contributed by atoms with Crippen LogP contribution in [0.2, 0.25) is 0 Å². The molecule has 1 aromatic carbocycles. The van der Waals surface area contributed by atoms with E-state index in [4.69, 9.17) is 5.26 Å². The third-order valence-electron chi connectivity index (χ3n) is 2.85. The van der Waals surface area contributed by atoms with Gasteiger partial charge in [-0.3, -0.25) is 4.98 Å². The quantitative estimate of drug-likeness (QED) is 0.899. The highest BCUT2D eigenvalue weighted by Gasteiger charge is 2.13. The average molecular weight is 243 g/mol. The van der Waals surface area contributed by atoms with E-state index in [0.29, 0.717) is 22.2 Å². The minimum absolute atomic E-state index is 0.313. The Labute approximate surface area is 105 Å². The zero-order valence-corrected chi connectivity index (χ0v) is 10.4. The number of nitrogens with one attached hydrogen (secondary N) is 1. The molecule has 0 aliphatic rings. The summed E-state index contributed by atoms with van der Waals surface area (Å²) in [5, 5.41) is 13.0. The van der Waals surface area contributed by atoms with Crippen LogP contribution in [0.3, 0.4) is 0 Å². The molecule has 3 nitrogen and oxygen atoms in total. The number of halogens is 1. The van der Waals surface area contributed by atoms with Crippen molar-refractivity contribution in [3.05, 3.63) is 35.3 Å². The fourth-order valence-electron chi connectivity index (χ4n) is 1.96. The minimum atomic E-state index is -0.361. The molecule has 0 saturated heterocycles. The summed E-state index contributed by atoms with van der Waals surface area (Å²) in [6.45, 7) is 4.67. The Morgan fingerprint density at radius 3 is 2.89 bits per heavy atom. The number of anilines is 1. The summed E-state index contributed by atoms with van der Waals surface area (Å²) in [6, 6.07) is 5.20.